The van der Waals surface area contributed by atoms with Crippen molar-refractivity contribution in [3.8, 4) is 11.5 Å². The molecule has 7 heteroatoms. The van der Waals surface area contributed by atoms with Crippen LogP contribution in [0.15, 0.2) is 30.9 Å². The van der Waals surface area contributed by atoms with Crippen LogP contribution < -0.4 is 14.8 Å². The van der Waals surface area contributed by atoms with Gasteiger partial charge in [-0.2, -0.15) is 0 Å². The topological polar surface area (TPSA) is 74.1 Å². The predicted molar refractivity (Wildman–Crippen MR) is 86.3 cm³/mol. The third-order valence-corrected chi connectivity index (χ3v) is 3.75. The van der Waals surface area contributed by atoms with Crippen molar-refractivity contribution in [2.24, 2.45) is 0 Å². The van der Waals surface area contributed by atoms with Crippen molar-refractivity contribution in [2.75, 3.05) is 18.5 Å². The second-order valence-electron chi connectivity index (χ2n) is 5.26. The van der Waals surface area contributed by atoms with Crippen LogP contribution in [0.5, 0.6) is 11.5 Å². The largest absolute Gasteiger partial charge is 0.490 e. The molecule has 0 fully saturated rings. The number of aryl methyl sites for hydroxylation is 1. The number of nitrogens with zero attached hydrogens (tertiary/aromatic N) is 4. The minimum Gasteiger partial charge on any atom is -0.490 e. The molecule has 0 spiro atoms. The first-order valence-corrected chi connectivity index (χ1v) is 7.67. The molecule has 1 aromatic carbocycles. The number of aromatic nitrogens is 4. The van der Waals surface area contributed by atoms with E-state index in [9.17, 15) is 0 Å². The van der Waals surface area contributed by atoms with Crippen molar-refractivity contribution in [3.05, 3.63) is 30.9 Å². The molecule has 2 aromatic heterocycles. The normalized spacial score (nSPS) is 13.8. The fourth-order valence-corrected chi connectivity index (χ4v) is 2.58. The first kappa shape index (κ1) is 13.8. The molecule has 0 saturated heterocycles. The second-order valence-corrected chi connectivity index (χ2v) is 5.26. The van der Waals surface area contributed by atoms with Gasteiger partial charge in [0.05, 0.1) is 19.5 Å². The minimum atomic E-state index is 0.662. The summed E-state index contributed by atoms with van der Waals surface area (Å²) in [6.45, 7) is 4.22. The van der Waals surface area contributed by atoms with Gasteiger partial charge in [0.15, 0.2) is 28.5 Å². The molecule has 0 aliphatic carbocycles. The second kappa shape index (κ2) is 5.75. The van der Waals surface area contributed by atoms with Crippen molar-refractivity contribution >= 4 is 22.7 Å². The zero-order valence-electron chi connectivity index (χ0n) is 12.8. The van der Waals surface area contributed by atoms with Crippen LogP contribution in [0.4, 0.5) is 11.5 Å². The molecule has 0 bridgehead atoms. The fraction of sp³-hybridized carbons (Fsp3) is 0.312. The molecule has 0 atom stereocenters. The molecule has 0 radical (unpaired) electrons. The van der Waals surface area contributed by atoms with E-state index in [0.29, 0.717) is 19.0 Å². The molecule has 0 unspecified atom stereocenters. The number of imidazole rings is 1. The lowest BCUT2D eigenvalue weighted by Crippen LogP contribution is -1.99. The van der Waals surface area contributed by atoms with Gasteiger partial charge in [0.25, 0.3) is 0 Å². The van der Waals surface area contributed by atoms with Crippen molar-refractivity contribution in [1.82, 2.24) is 19.5 Å². The predicted octanol–water partition coefficient (Wildman–Crippen LogP) is 2.75. The quantitative estimate of drug-likeness (QED) is 0.801. The molecular weight excluding hydrogens is 294 g/mol. The zero-order chi connectivity index (χ0) is 15.6. The van der Waals surface area contributed by atoms with Gasteiger partial charge in [-0.1, -0.05) is 0 Å². The van der Waals surface area contributed by atoms with E-state index in [1.807, 2.05) is 22.8 Å². The number of fused-ring (bicyclic) bond motifs is 2. The Hall–Kier alpha value is -2.83. The number of hydrogen-bond donors (Lipinski definition) is 1. The van der Waals surface area contributed by atoms with Crippen molar-refractivity contribution in [2.45, 2.75) is 19.9 Å². The van der Waals surface area contributed by atoms with Gasteiger partial charge in [-0.3, -0.25) is 0 Å². The van der Waals surface area contributed by atoms with E-state index in [-0.39, 0.29) is 0 Å². The molecule has 0 amide bonds. The summed E-state index contributed by atoms with van der Waals surface area (Å²) in [6, 6.07) is 5.77. The molecular formula is C16H17N5O2. The Kier molecular flexibility index (Phi) is 3.45. The number of rotatable bonds is 3. The highest BCUT2D eigenvalue weighted by Crippen LogP contribution is 2.33. The molecule has 1 N–H and O–H groups in total. The summed E-state index contributed by atoms with van der Waals surface area (Å²) in [5, 5.41) is 3.29. The Morgan fingerprint density at radius 1 is 1.13 bits per heavy atom. The van der Waals surface area contributed by atoms with Crippen molar-refractivity contribution in [3.63, 3.8) is 0 Å². The number of anilines is 2. The summed E-state index contributed by atoms with van der Waals surface area (Å²) in [5.74, 6) is 2.20. The lowest BCUT2D eigenvalue weighted by molar-refractivity contribution is 0.297. The number of hydrogen-bond acceptors (Lipinski definition) is 6. The Morgan fingerprint density at radius 3 is 2.87 bits per heavy atom. The van der Waals surface area contributed by atoms with E-state index in [2.05, 4.69) is 27.2 Å². The maximum absolute atomic E-state index is 5.72. The van der Waals surface area contributed by atoms with E-state index in [0.717, 1.165) is 41.3 Å². The van der Waals surface area contributed by atoms with Gasteiger partial charge in [0.2, 0.25) is 0 Å². The van der Waals surface area contributed by atoms with Gasteiger partial charge < -0.3 is 19.4 Å². The standard InChI is InChI=1S/C16H17N5O2/c1-2-21-10-19-14-15(17-9-18-16(14)21)20-11-4-5-12-13(8-11)23-7-3-6-22-12/h4-5,8-10H,2-3,6-7H2,1H3,(H,17,18,20). The maximum atomic E-state index is 5.72. The van der Waals surface area contributed by atoms with Gasteiger partial charge in [-0.05, 0) is 19.1 Å². The first-order valence-electron chi connectivity index (χ1n) is 7.67. The molecule has 1 aliphatic rings. The van der Waals surface area contributed by atoms with Gasteiger partial charge in [0.1, 0.15) is 6.33 Å². The molecule has 3 heterocycles. The Bertz CT molecular complexity index is 846. The van der Waals surface area contributed by atoms with E-state index in [1.165, 1.54) is 0 Å². The summed E-state index contributed by atoms with van der Waals surface area (Å²) in [6.07, 6.45) is 4.21. The highest BCUT2D eigenvalue weighted by atomic mass is 16.5. The molecule has 0 saturated carbocycles. The summed E-state index contributed by atoms with van der Waals surface area (Å²) in [4.78, 5) is 13.0. The molecule has 1 aliphatic heterocycles. The van der Waals surface area contributed by atoms with Crippen molar-refractivity contribution in [1.29, 1.82) is 0 Å². The van der Waals surface area contributed by atoms with Crippen LogP contribution in [0.1, 0.15) is 13.3 Å². The minimum absolute atomic E-state index is 0.662. The lowest BCUT2D eigenvalue weighted by Gasteiger charge is -2.11. The number of nitrogens with one attached hydrogen (secondary N) is 1. The van der Waals surface area contributed by atoms with Crippen LogP contribution in [0, 0.1) is 0 Å². The number of benzene rings is 1. The fourth-order valence-electron chi connectivity index (χ4n) is 2.58. The van der Waals surface area contributed by atoms with E-state index in [4.69, 9.17) is 9.47 Å². The molecule has 7 nitrogen and oxygen atoms in total. The van der Waals surface area contributed by atoms with Crippen molar-refractivity contribution < 1.29 is 9.47 Å². The molecule has 23 heavy (non-hydrogen) atoms. The van der Waals surface area contributed by atoms with Gasteiger partial charge in [-0.25, -0.2) is 15.0 Å². The van der Waals surface area contributed by atoms with Crippen LogP contribution in [-0.2, 0) is 6.54 Å². The Balaban J connectivity index is 1.68. The summed E-state index contributed by atoms with van der Waals surface area (Å²) < 4.78 is 13.3. The maximum Gasteiger partial charge on any atom is 0.165 e. The monoisotopic (exact) mass is 311 g/mol. The van der Waals surface area contributed by atoms with E-state index in [1.54, 1.807) is 12.7 Å². The van der Waals surface area contributed by atoms with Gasteiger partial charge in [0, 0.05) is 24.7 Å². The molecule has 118 valence electrons. The highest BCUT2D eigenvalue weighted by molar-refractivity contribution is 5.85. The summed E-state index contributed by atoms with van der Waals surface area (Å²) in [5.41, 5.74) is 2.45. The third kappa shape index (κ3) is 2.54. The summed E-state index contributed by atoms with van der Waals surface area (Å²) in [7, 11) is 0. The Morgan fingerprint density at radius 2 is 2.00 bits per heavy atom. The van der Waals surface area contributed by atoms with E-state index >= 15 is 0 Å². The van der Waals surface area contributed by atoms with Gasteiger partial charge in [-0.15, -0.1) is 0 Å². The van der Waals surface area contributed by atoms with Crippen LogP contribution in [0.2, 0.25) is 0 Å². The van der Waals surface area contributed by atoms with Crippen LogP contribution in [0.25, 0.3) is 11.2 Å². The van der Waals surface area contributed by atoms with Gasteiger partial charge >= 0.3 is 0 Å². The SMILES string of the molecule is CCn1cnc2c(Nc3ccc4c(c3)OCCCO4)ncnc21. The lowest BCUT2D eigenvalue weighted by atomic mass is 10.2. The summed E-state index contributed by atoms with van der Waals surface area (Å²) >= 11 is 0. The highest BCUT2D eigenvalue weighted by Gasteiger charge is 2.13. The van der Waals surface area contributed by atoms with Crippen LogP contribution >= 0.6 is 0 Å². The number of ether oxygens (including phenoxy) is 2. The molecule has 3 aromatic rings. The average molecular weight is 311 g/mol. The average Bonchev–Trinajstić information content (AvgIpc) is 2.86. The smallest absolute Gasteiger partial charge is 0.165 e. The zero-order valence-corrected chi connectivity index (χ0v) is 12.8. The van der Waals surface area contributed by atoms with Crippen LogP contribution in [-0.4, -0.2) is 32.7 Å². The third-order valence-electron chi connectivity index (χ3n) is 3.75. The van der Waals surface area contributed by atoms with E-state index < -0.39 is 0 Å². The first-order chi connectivity index (χ1) is 11.3. The van der Waals surface area contributed by atoms with Crippen LogP contribution in [0.3, 0.4) is 0 Å². The Labute approximate surface area is 133 Å². The molecule has 4 rings (SSSR count).